The molecule has 0 spiro atoms. The summed E-state index contributed by atoms with van der Waals surface area (Å²) >= 11 is 0. The van der Waals surface area contributed by atoms with Crippen molar-refractivity contribution < 1.29 is 29.0 Å². The van der Waals surface area contributed by atoms with Crippen molar-refractivity contribution in [3.8, 4) is 0 Å². The predicted octanol–water partition coefficient (Wildman–Crippen LogP) is 0.727. The number of carbonyl (C=O) groups is 4. The number of amides is 2. The summed E-state index contributed by atoms with van der Waals surface area (Å²) in [7, 11) is 0. The van der Waals surface area contributed by atoms with Crippen molar-refractivity contribution in [2.24, 2.45) is 17.8 Å². The smallest absolute Gasteiger partial charge is 0.303 e. The lowest BCUT2D eigenvalue weighted by atomic mass is 9.69. The second-order valence-corrected chi connectivity index (χ2v) is 7.41. The first-order valence-electron chi connectivity index (χ1n) is 8.33. The van der Waals surface area contributed by atoms with Crippen LogP contribution in [0, 0.1) is 17.8 Å². The van der Waals surface area contributed by atoms with Gasteiger partial charge in [-0.3, -0.25) is 24.5 Å². The van der Waals surface area contributed by atoms with Crippen molar-refractivity contribution in [2.45, 2.75) is 64.6 Å². The van der Waals surface area contributed by atoms with E-state index in [2.05, 4.69) is 5.32 Å². The molecule has 0 aromatic rings. The van der Waals surface area contributed by atoms with Gasteiger partial charge in [0.1, 0.15) is 11.4 Å². The molecule has 1 saturated heterocycles. The van der Waals surface area contributed by atoms with Gasteiger partial charge in [-0.25, -0.2) is 0 Å². The first-order chi connectivity index (χ1) is 11.1. The van der Waals surface area contributed by atoms with Crippen LogP contribution in [0.25, 0.3) is 0 Å². The molecule has 1 heterocycles. The number of aliphatic hydroxyl groups excluding tert-OH is 1. The fourth-order valence-electron chi connectivity index (χ4n) is 4.05. The van der Waals surface area contributed by atoms with Crippen LogP contribution in [0.3, 0.4) is 0 Å². The predicted molar refractivity (Wildman–Crippen MR) is 83.6 cm³/mol. The Balaban J connectivity index is 2.07. The van der Waals surface area contributed by atoms with Crippen LogP contribution in [0.15, 0.2) is 0 Å². The zero-order chi connectivity index (χ0) is 18.1. The minimum atomic E-state index is -0.959. The van der Waals surface area contributed by atoms with Crippen molar-refractivity contribution in [1.29, 1.82) is 0 Å². The number of imide groups is 1. The molecule has 7 nitrogen and oxygen atoms in total. The summed E-state index contributed by atoms with van der Waals surface area (Å²) in [5.41, 5.74) is -0.787. The third kappa shape index (κ3) is 4.41. The van der Waals surface area contributed by atoms with Gasteiger partial charge >= 0.3 is 5.97 Å². The monoisotopic (exact) mass is 339 g/mol. The van der Waals surface area contributed by atoms with E-state index in [1.807, 2.05) is 0 Å². The molecule has 2 N–H and O–H groups in total. The van der Waals surface area contributed by atoms with Gasteiger partial charge in [-0.1, -0.05) is 6.92 Å². The van der Waals surface area contributed by atoms with E-state index in [1.54, 1.807) is 13.8 Å². The van der Waals surface area contributed by atoms with Gasteiger partial charge < -0.3 is 9.84 Å². The molecule has 2 fully saturated rings. The van der Waals surface area contributed by atoms with E-state index in [4.69, 9.17) is 4.74 Å². The maximum atomic E-state index is 12.5. The molecule has 2 amide bonds. The number of ether oxygens (including phenoxy) is 1. The Labute approximate surface area is 141 Å². The second kappa shape index (κ2) is 7.01. The minimum Gasteiger partial charge on any atom is -0.460 e. The molecule has 1 saturated carbocycles. The fourth-order valence-corrected chi connectivity index (χ4v) is 4.05. The molecule has 134 valence electrons. The molecule has 7 heteroatoms. The molecule has 0 radical (unpaired) electrons. The number of nitrogens with one attached hydrogen (secondary N) is 1. The Morgan fingerprint density at radius 2 is 1.88 bits per heavy atom. The van der Waals surface area contributed by atoms with E-state index in [1.165, 1.54) is 6.92 Å². The number of esters is 1. The van der Waals surface area contributed by atoms with Crippen LogP contribution in [0.5, 0.6) is 0 Å². The number of ketones is 1. The summed E-state index contributed by atoms with van der Waals surface area (Å²) in [6.07, 6.45) is 0.265. The third-order valence-electron chi connectivity index (χ3n) is 4.90. The van der Waals surface area contributed by atoms with Crippen molar-refractivity contribution in [3.05, 3.63) is 0 Å². The molecule has 4 atom stereocenters. The van der Waals surface area contributed by atoms with Gasteiger partial charge in [0, 0.05) is 31.6 Å². The van der Waals surface area contributed by atoms with E-state index in [0.29, 0.717) is 6.42 Å². The van der Waals surface area contributed by atoms with Crippen molar-refractivity contribution >= 4 is 23.6 Å². The highest BCUT2D eigenvalue weighted by Crippen LogP contribution is 2.39. The van der Waals surface area contributed by atoms with E-state index in [0.717, 1.165) is 0 Å². The molecule has 2 rings (SSSR count). The van der Waals surface area contributed by atoms with Crippen molar-refractivity contribution in [1.82, 2.24) is 5.32 Å². The molecule has 0 unspecified atom stereocenters. The molecular formula is C17H25NO6. The zero-order valence-electron chi connectivity index (χ0n) is 14.3. The summed E-state index contributed by atoms with van der Waals surface area (Å²) in [6, 6.07) is 0. The summed E-state index contributed by atoms with van der Waals surface area (Å²) in [5, 5.41) is 12.8. The molecule has 2 aliphatic rings. The Morgan fingerprint density at radius 1 is 1.29 bits per heavy atom. The molecule has 0 aromatic carbocycles. The molecule has 0 bridgehead atoms. The van der Waals surface area contributed by atoms with E-state index in [9.17, 15) is 24.3 Å². The Hall–Kier alpha value is -1.76. The second-order valence-electron chi connectivity index (χ2n) is 7.41. The zero-order valence-corrected chi connectivity index (χ0v) is 14.3. The van der Waals surface area contributed by atoms with Crippen LogP contribution in [-0.2, 0) is 23.9 Å². The van der Waals surface area contributed by atoms with Crippen LogP contribution in [0.4, 0.5) is 0 Å². The van der Waals surface area contributed by atoms with Gasteiger partial charge in [-0.2, -0.15) is 0 Å². The van der Waals surface area contributed by atoms with Gasteiger partial charge in [0.2, 0.25) is 11.8 Å². The van der Waals surface area contributed by atoms with Crippen LogP contribution in [0.1, 0.15) is 52.9 Å². The van der Waals surface area contributed by atoms with Crippen LogP contribution >= 0.6 is 0 Å². The number of carbonyl (C=O) groups excluding carboxylic acids is 4. The number of aliphatic hydroxyl groups is 1. The lowest BCUT2D eigenvalue weighted by Gasteiger charge is -2.41. The van der Waals surface area contributed by atoms with Gasteiger partial charge in [0.05, 0.1) is 6.10 Å². The normalized spacial score (nSPS) is 33.1. The fraction of sp³-hybridized carbons (Fsp3) is 0.765. The number of piperidine rings is 1. The highest BCUT2D eigenvalue weighted by molar-refractivity contribution is 5.97. The molecule has 0 aromatic heterocycles. The third-order valence-corrected chi connectivity index (χ3v) is 4.90. The highest BCUT2D eigenvalue weighted by Gasteiger charge is 2.46. The minimum absolute atomic E-state index is 0.0567. The SMILES string of the molecule is CC(=O)O[C@@]1(C)C[C@@H](C)C(=O)[C@@H]([C@H](O)CC2CC(=O)NC(=O)C2)C1. The van der Waals surface area contributed by atoms with Gasteiger partial charge in [0.15, 0.2) is 0 Å². The maximum absolute atomic E-state index is 12.5. The van der Waals surface area contributed by atoms with E-state index < -0.39 is 23.6 Å². The van der Waals surface area contributed by atoms with Crippen LogP contribution < -0.4 is 5.32 Å². The van der Waals surface area contributed by atoms with E-state index in [-0.39, 0.29) is 55.1 Å². The summed E-state index contributed by atoms with van der Waals surface area (Å²) in [6.45, 7) is 4.86. The molecular weight excluding hydrogens is 314 g/mol. The van der Waals surface area contributed by atoms with Gasteiger partial charge in [0.25, 0.3) is 0 Å². The number of rotatable bonds is 4. The quantitative estimate of drug-likeness (QED) is 0.577. The number of hydrogen-bond acceptors (Lipinski definition) is 6. The number of Topliss-reactive ketones (excluding diaryl/α,β-unsaturated/α-hetero) is 1. The summed E-state index contributed by atoms with van der Waals surface area (Å²) < 4.78 is 5.38. The average Bonchev–Trinajstić information content (AvgIpc) is 2.40. The lowest BCUT2D eigenvalue weighted by molar-refractivity contribution is -0.169. The largest absolute Gasteiger partial charge is 0.460 e. The van der Waals surface area contributed by atoms with Gasteiger partial charge in [-0.05, 0) is 32.1 Å². The molecule has 1 aliphatic carbocycles. The van der Waals surface area contributed by atoms with Crippen molar-refractivity contribution in [2.75, 3.05) is 0 Å². The topological polar surface area (TPSA) is 110 Å². The van der Waals surface area contributed by atoms with Crippen LogP contribution in [-0.4, -0.2) is 40.4 Å². The Kier molecular flexibility index (Phi) is 5.42. The standard InChI is InChI=1S/C17H25NO6/c1-9-7-17(3,24-10(2)19)8-12(16(9)23)13(20)4-11-5-14(21)18-15(22)6-11/h9,11-13,20H,4-8H2,1-3H3,(H,18,21,22)/t9-,12-,13-,17+/m1/s1. The highest BCUT2D eigenvalue weighted by atomic mass is 16.6. The first kappa shape index (κ1) is 18.6. The lowest BCUT2D eigenvalue weighted by Crippen LogP contribution is -2.49. The summed E-state index contributed by atoms with van der Waals surface area (Å²) in [4.78, 5) is 46.7. The van der Waals surface area contributed by atoms with Crippen molar-refractivity contribution in [3.63, 3.8) is 0 Å². The van der Waals surface area contributed by atoms with E-state index >= 15 is 0 Å². The Bertz CT molecular complexity index is 543. The number of hydrogen-bond donors (Lipinski definition) is 2. The van der Waals surface area contributed by atoms with Crippen LogP contribution in [0.2, 0.25) is 0 Å². The average molecular weight is 339 g/mol. The Morgan fingerprint density at radius 3 is 2.42 bits per heavy atom. The molecule has 24 heavy (non-hydrogen) atoms. The first-order valence-corrected chi connectivity index (χ1v) is 8.33. The molecule has 1 aliphatic heterocycles. The van der Waals surface area contributed by atoms with Gasteiger partial charge in [-0.15, -0.1) is 0 Å². The maximum Gasteiger partial charge on any atom is 0.303 e. The summed E-state index contributed by atoms with van der Waals surface area (Å²) in [5.74, 6) is -2.42.